The number of aliphatic hydroxyl groups is 6. The van der Waals surface area contributed by atoms with E-state index in [1.807, 2.05) is 6.92 Å². The quantitative estimate of drug-likeness (QED) is 0.0336. The Kier molecular flexibility index (Phi) is 27.2. The fraction of sp³-hybridized carbons (Fsp3) is 0.940. The van der Waals surface area contributed by atoms with Crippen molar-refractivity contribution >= 4 is 39.8 Å². The lowest BCUT2D eigenvalue weighted by molar-refractivity contribution is -0.174. The summed E-state index contributed by atoms with van der Waals surface area (Å²) in [5.41, 5.74) is 1.37. The summed E-state index contributed by atoms with van der Waals surface area (Å²) in [4.78, 5) is 61.0. The van der Waals surface area contributed by atoms with E-state index in [0.29, 0.717) is 145 Å². The molecule has 0 radical (unpaired) electrons. The highest BCUT2D eigenvalue weighted by Crippen LogP contribution is 2.72. The van der Waals surface area contributed by atoms with Crippen LogP contribution in [-0.4, -0.2) is 158 Å². The Morgan fingerprint density at radius 3 is 1.11 bits per heavy atom. The third-order valence-corrected chi connectivity index (χ3v) is 34.4. The number of ether oxygens (including phenoxy) is 1. The molecule has 0 heterocycles. The third kappa shape index (κ3) is 17.4. The van der Waals surface area contributed by atoms with Gasteiger partial charge in [-0.1, -0.05) is 62.3 Å². The van der Waals surface area contributed by atoms with Gasteiger partial charge in [0.15, 0.2) is 0 Å². The summed E-state index contributed by atoms with van der Waals surface area (Å²) < 4.78 is 36.2. The smallest absolute Gasteiger partial charge is 0.307 e. The fourth-order valence-corrected chi connectivity index (χ4v) is 28.5. The maximum absolute atomic E-state index is 12.8. The number of hydrogen-bond acceptors (Lipinski definition) is 14. The van der Waals surface area contributed by atoms with Crippen LogP contribution in [0.25, 0.3) is 0 Å². The molecule has 12 fully saturated rings. The molecule has 104 heavy (non-hydrogen) atoms. The molecule has 10 N–H and O–H groups in total. The molecule has 12 aliphatic carbocycles. The number of amides is 3. The molecule has 12 aliphatic rings. The number of aliphatic hydroxyl groups excluding tert-OH is 6. The lowest BCUT2D eigenvalue weighted by Gasteiger charge is -2.62. The molecule has 20 heteroatoms. The Labute approximate surface area is 625 Å². The van der Waals surface area contributed by atoms with Gasteiger partial charge in [0.1, 0.15) is 0 Å². The minimum Gasteiger partial charge on any atom is -0.481 e. The lowest BCUT2D eigenvalue weighted by atomic mass is 9.43. The van der Waals surface area contributed by atoms with Gasteiger partial charge < -0.3 is 56.0 Å². The van der Waals surface area contributed by atoms with Crippen molar-refractivity contribution in [3.63, 3.8) is 0 Å². The number of hydrogen-bond donors (Lipinski definition) is 10. The van der Waals surface area contributed by atoms with Crippen molar-refractivity contribution in [3.05, 3.63) is 0 Å². The van der Waals surface area contributed by atoms with Gasteiger partial charge in [-0.3, -0.25) is 28.5 Å². The number of esters is 1. The van der Waals surface area contributed by atoms with Crippen molar-refractivity contribution in [2.24, 2.45) is 139 Å². The van der Waals surface area contributed by atoms with Crippen LogP contribution >= 0.6 is 0 Å². The first-order valence-corrected chi connectivity index (χ1v) is 43.8. The van der Waals surface area contributed by atoms with Crippen molar-refractivity contribution in [2.75, 3.05) is 38.5 Å². The molecular formula is C84H143N3O16S. The Balaban J connectivity index is 0.000000168. The summed E-state index contributed by atoms with van der Waals surface area (Å²) in [5, 5.41) is 79.3. The second kappa shape index (κ2) is 33.9. The van der Waals surface area contributed by atoms with Gasteiger partial charge >= 0.3 is 11.9 Å². The van der Waals surface area contributed by atoms with Gasteiger partial charge in [0.05, 0.1) is 61.8 Å². The lowest BCUT2D eigenvalue weighted by Crippen LogP contribution is -2.58. The van der Waals surface area contributed by atoms with E-state index < -0.39 is 21.8 Å². The van der Waals surface area contributed by atoms with Gasteiger partial charge in [-0.15, -0.1) is 0 Å². The first-order chi connectivity index (χ1) is 49.0. The first-order valence-electron chi connectivity index (χ1n) is 42.2. The summed E-state index contributed by atoms with van der Waals surface area (Å²) in [5.74, 6) is 7.02. The van der Waals surface area contributed by atoms with Gasteiger partial charge in [0, 0.05) is 45.4 Å². The standard InChI is InChI=1S/C29H49NO5.C28H49NO6S.C27H45NO5/c1-5-35-26(34)12-15-30-25(33)9-6-18(2)21-7-8-22-27-23(11-14-29(21,22)4)28(3)13-10-20(31)16-19(28)17-24(27)32;1-5-29(14-15-36(33,34)35)25(32)9-6-18(2)21-7-8-22-26-23(11-13-28(21,22)4)27(3)12-10-20(30)16-19(27)17-24(26)31;1-16(4-7-23(31)28-13-10-24(32)33)19-5-6-20-25-21(9-12-27(19,20)3)26(2)11-8-18(29)14-17(26)15-22(25)30/h18-24,27,31-32H,5-17H2,1-4H3,(H,30,33);18-24,26,30-31H,5-17H2,1-4H3,(H,33,34,35);16-22,25,29-30H,4-15H2,1-3H3,(H,28,31)(H,32,33)/t18?,19-,20+,21?,22?,23?,24-,27?,28-,29+;18?,19-,20+,21?,22?,23?,24-,26?,27-,28+;16?,17-,18+,19?,20?,21?,22-,25?,26-,27+/m000/s1. The Morgan fingerprint density at radius 2 is 0.779 bits per heavy atom. The van der Waals surface area contributed by atoms with E-state index in [0.717, 1.165) is 116 Å². The molecule has 12 rings (SSSR count). The molecule has 0 bridgehead atoms. The van der Waals surface area contributed by atoms with E-state index >= 15 is 0 Å². The zero-order chi connectivity index (χ0) is 75.8. The van der Waals surface area contributed by atoms with Crippen LogP contribution < -0.4 is 10.6 Å². The number of aliphatic carboxylic acids is 1. The Hall–Kier alpha value is -2.98. The molecule has 0 aromatic carbocycles. The average molecular weight is 1480 g/mol. The topological polar surface area (TPSA) is 318 Å². The summed E-state index contributed by atoms with van der Waals surface area (Å²) in [6, 6.07) is 0. The van der Waals surface area contributed by atoms with Crippen LogP contribution in [0.3, 0.4) is 0 Å². The van der Waals surface area contributed by atoms with E-state index in [-0.39, 0.29) is 119 Å². The van der Waals surface area contributed by atoms with Crippen LogP contribution in [0.2, 0.25) is 0 Å². The zero-order valence-electron chi connectivity index (χ0n) is 65.9. The minimum absolute atomic E-state index is 0.0192. The summed E-state index contributed by atoms with van der Waals surface area (Å²) in [6.07, 6.45) is 27.9. The molecule has 30 atom stereocenters. The van der Waals surface area contributed by atoms with Crippen LogP contribution in [0.4, 0.5) is 0 Å². The van der Waals surface area contributed by atoms with E-state index in [1.54, 1.807) is 6.92 Å². The summed E-state index contributed by atoms with van der Waals surface area (Å²) in [6.45, 7) is 26.6. The second-order valence-electron chi connectivity index (χ2n) is 38.6. The molecule has 0 aromatic rings. The van der Waals surface area contributed by atoms with Crippen LogP contribution in [0.15, 0.2) is 0 Å². The van der Waals surface area contributed by atoms with E-state index in [4.69, 9.17) is 14.4 Å². The molecule has 0 saturated heterocycles. The van der Waals surface area contributed by atoms with Crippen molar-refractivity contribution in [1.82, 2.24) is 15.5 Å². The van der Waals surface area contributed by atoms with Crippen LogP contribution in [0.1, 0.15) is 282 Å². The number of nitrogens with zero attached hydrogens (tertiary/aromatic N) is 1. The number of fused-ring (bicyclic) bond motifs is 15. The number of carboxylic acid groups (broad SMARTS) is 1. The number of carbonyl (C=O) groups is 5. The van der Waals surface area contributed by atoms with Crippen molar-refractivity contribution < 1.29 is 77.4 Å². The molecule has 3 amide bonds. The molecule has 0 spiro atoms. The maximum Gasteiger partial charge on any atom is 0.307 e. The van der Waals surface area contributed by atoms with Gasteiger partial charge in [0.25, 0.3) is 10.1 Å². The molecule has 12 saturated carbocycles. The normalized spacial score (nSPS) is 44.0. The number of nitrogens with one attached hydrogen (secondary N) is 2. The predicted molar refractivity (Wildman–Crippen MR) is 401 cm³/mol. The van der Waals surface area contributed by atoms with Gasteiger partial charge in [-0.2, -0.15) is 8.42 Å². The van der Waals surface area contributed by atoms with Crippen molar-refractivity contribution in [2.45, 2.75) is 318 Å². The first kappa shape index (κ1) is 83.5. The number of rotatable bonds is 23. The second-order valence-corrected chi connectivity index (χ2v) is 40.1. The molecule has 0 aromatic heterocycles. The van der Waals surface area contributed by atoms with Gasteiger partial charge in [-0.05, 0) is 326 Å². The van der Waals surface area contributed by atoms with Crippen molar-refractivity contribution in [1.29, 1.82) is 0 Å². The summed E-state index contributed by atoms with van der Waals surface area (Å²) in [7, 11) is -4.08. The Bertz CT molecular complexity index is 3050. The predicted octanol–water partition coefficient (Wildman–Crippen LogP) is 12.6. The van der Waals surface area contributed by atoms with Crippen LogP contribution in [0, 0.1) is 139 Å². The maximum atomic E-state index is 12.8. The zero-order valence-corrected chi connectivity index (χ0v) is 66.7. The average Bonchev–Trinajstić information content (AvgIpc) is 1.37. The molecule has 0 aliphatic heterocycles. The molecule has 15 unspecified atom stereocenters. The van der Waals surface area contributed by atoms with Gasteiger partial charge in [0.2, 0.25) is 17.7 Å². The molecule has 596 valence electrons. The molecular weight excluding hydrogens is 1340 g/mol. The number of carboxylic acids is 1. The highest BCUT2D eigenvalue weighted by molar-refractivity contribution is 7.85. The fourth-order valence-electron chi connectivity index (χ4n) is 28.1. The third-order valence-electron chi connectivity index (χ3n) is 33.7. The largest absolute Gasteiger partial charge is 0.481 e. The monoisotopic (exact) mass is 1480 g/mol. The Morgan fingerprint density at radius 1 is 0.452 bits per heavy atom. The highest BCUT2D eigenvalue weighted by atomic mass is 32.2. The van der Waals surface area contributed by atoms with E-state index in [9.17, 15) is 63.0 Å². The molecule has 19 nitrogen and oxygen atoms in total. The summed E-state index contributed by atoms with van der Waals surface area (Å²) >= 11 is 0. The highest BCUT2D eigenvalue weighted by Gasteiger charge is 2.67. The SMILES string of the molecule is CC(CCC(=O)NCCC(=O)O)C1CCC2C3C(CC[C@]12C)[C@@]1(C)CC[C@@H](O)C[C@H]1C[C@@H]3O.CCN(CCS(=O)(=O)O)C(=O)CCC(C)C1CCC2C3C(CC[C@]12C)[C@@]1(C)CC[C@@H](O)C[C@H]1C[C@@H]3O.CCOC(=O)CCNC(=O)CCC(C)C1CCC2C3C(CC[C@]12C)[C@@]1(C)CC[C@@H](O)C[C@H]1C[C@@H]3O. The number of carbonyl (C=O) groups excluding carboxylic acids is 4. The van der Waals surface area contributed by atoms with E-state index in [1.165, 1.54) is 62.7 Å². The van der Waals surface area contributed by atoms with Crippen LogP contribution in [-0.2, 0) is 38.8 Å². The van der Waals surface area contributed by atoms with Crippen LogP contribution in [0.5, 0.6) is 0 Å². The van der Waals surface area contributed by atoms with Crippen molar-refractivity contribution in [3.8, 4) is 0 Å². The van der Waals surface area contributed by atoms with Gasteiger partial charge in [-0.25, -0.2) is 0 Å². The minimum atomic E-state index is -4.08. The van der Waals surface area contributed by atoms with E-state index in [2.05, 4.69) is 72.9 Å².